The molecule has 5 rings (SSSR count). The Labute approximate surface area is 198 Å². The van der Waals surface area contributed by atoms with Crippen LogP contribution in [0, 0.1) is 5.92 Å². The standard InChI is InChI=1S/C23H27BClN3O3S/c1-24(29)28-16-4-5-17(28)10-14(9-16)18-7-8-32-22-12-20(26-27-23(18)22)19-6-3-15(25)11-21(19)31-13-30-2/h3,6-7,11-12,14,16-17,29H,4-5,8-10,13H2,1-2H3/t14?,16-,17?/m0/s1. The third kappa shape index (κ3) is 4.19. The van der Waals surface area contributed by atoms with Crippen molar-refractivity contribution in [3.05, 3.63) is 41.1 Å². The Bertz CT molecular complexity index is 1020. The third-order valence-electron chi connectivity index (χ3n) is 6.79. The fraction of sp³-hybridized carbons (Fsp3) is 0.478. The quantitative estimate of drug-likeness (QED) is 0.487. The lowest BCUT2D eigenvalue weighted by Gasteiger charge is -2.41. The molecule has 3 aliphatic heterocycles. The first-order valence-corrected chi connectivity index (χ1v) is 12.5. The first kappa shape index (κ1) is 22.2. The molecule has 2 aromatic rings. The molecule has 9 heteroatoms. The van der Waals surface area contributed by atoms with Crippen molar-refractivity contribution in [3.63, 3.8) is 0 Å². The summed E-state index contributed by atoms with van der Waals surface area (Å²) in [6.45, 7) is 2.03. The number of halogens is 1. The average Bonchev–Trinajstić information content (AvgIpc) is 3.07. The molecule has 2 fully saturated rings. The number of fused-ring (bicyclic) bond motifs is 3. The number of hydrogen-bond donors (Lipinski definition) is 1. The molecule has 3 atom stereocenters. The predicted octanol–water partition coefficient (Wildman–Crippen LogP) is 4.62. The zero-order valence-corrected chi connectivity index (χ0v) is 19.9. The third-order valence-corrected chi connectivity index (χ3v) is 7.98. The molecule has 2 unspecified atom stereocenters. The molecule has 168 valence electrons. The zero-order valence-electron chi connectivity index (χ0n) is 18.3. The molecule has 0 saturated carbocycles. The molecule has 0 spiro atoms. The van der Waals surface area contributed by atoms with Crippen LogP contribution in [0.15, 0.2) is 35.2 Å². The monoisotopic (exact) mass is 471 g/mol. The van der Waals surface area contributed by atoms with Crippen molar-refractivity contribution in [1.29, 1.82) is 0 Å². The summed E-state index contributed by atoms with van der Waals surface area (Å²) in [4.78, 5) is 3.47. The fourth-order valence-corrected chi connectivity index (χ4v) is 6.62. The molecular weight excluding hydrogens is 445 g/mol. The van der Waals surface area contributed by atoms with Gasteiger partial charge in [0, 0.05) is 40.4 Å². The van der Waals surface area contributed by atoms with Crippen molar-refractivity contribution in [3.8, 4) is 17.0 Å². The van der Waals surface area contributed by atoms with Gasteiger partial charge in [0.2, 0.25) is 0 Å². The highest BCUT2D eigenvalue weighted by Gasteiger charge is 2.45. The Balaban J connectivity index is 1.42. The number of benzene rings is 1. The van der Waals surface area contributed by atoms with Crippen LogP contribution in [-0.4, -0.2) is 58.8 Å². The maximum absolute atomic E-state index is 10.2. The number of ether oxygens (including phenoxy) is 2. The van der Waals surface area contributed by atoms with E-state index in [9.17, 15) is 5.02 Å². The van der Waals surface area contributed by atoms with Crippen LogP contribution in [0.3, 0.4) is 0 Å². The predicted molar refractivity (Wildman–Crippen MR) is 129 cm³/mol. The number of piperidine rings is 1. The van der Waals surface area contributed by atoms with Crippen LogP contribution in [-0.2, 0) is 4.74 Å². The summed E-state index contributed by atoms with van der Waals surface area (Å²) in [7, 11) is 1.22. The summed E-state index contributed by atoms with van der Waals surface area (Å²) in [5.74, 6) is 2.04. The van der Waals surface area contributed by atoms with E-state index >= 15 is 0 Å². The normalized spacial score (nSPS) is 24.8. The number of nitrogens with zero attached hydrogens (tertiary/aromatic N) is 3. The van der Waals surface area contributed by atoms with E-state index in [-0.39, 0.29) is 13.8 Å². The van der Waals surface area contributed by atoms with Crippen molar-refractivity contribution in [1.82, 2.24) is 15.0 Å². The largest absolute Gasteiger partial charge is 0.467 e. The minimum absolute atomic E-state index is 0.140. The van der Waals surface area contributed by atoms with Gasteiger partial charge in [0.05, 0.1) is 5.69 Å². The van der Waals surface area contributed by atoms with Gasteiger partial charge in [0.15, 0.2) is 6.79 Å². The lowest BCUT2D eigenvalue weighted by atomic mass is 9.75. The number of allylic oxidation sites excluding steroid dienone is 1. The van der Waals surface area contributed by atoms with E-state index < -0.39 is 0 Å². The first-order chi connectivity index (χ1) is 15.5. The lowest BCUT2D eigenvalue weighted by Crippen LogP contribution is -2.50. The van der Waals surface area contributed by atoms with Crippen molar-refractivity contribution in [2.24, 2.45) is 5.92 Å². The zero-order chi connectivity index (χ0) is 22.2. The number of thioether (sulfide) groups is 1. The Hall–Kier alpha value is -1.58. The van der Waals surface area contributed by atoms with Crippen molar-refractivity contribution in [2.45, 2.75) is 49.5 Å². The van der Waals surface area contributed by atoms with Gasteiger partial charge in [-0.05, 0) is 68.3 Å². The lowest BCUT2D eigenvalue weighted by molar-refractivity contribution is 0.0515. The van der Waals surface area contributed by atoms with Gasteiger partial charge in [0.1, 0.15) is 11.4 Å². The Morgan fingerprint density at radius 2 is 2.00 bits per heavy atom. The SMILES string of the molecule is COCOc1cc(Cl)ccc1-c1cc2c(nn1)C(C1CC3CC[C@@H](C1)N3B(C)O)=CCS2. The van der Waals surface area contributed by atoms with Crippen LogP contribution in [0.25, 0.3) is 16.8 Å². The average molecular weight is 472 g/mol. The summed E-state index contributed by atoms with van der Waals surface area (Å²) in [6.07, 6.45) is 6.83. The van der Waals surface area contributed by atoms with E-state index in [1.165, 1.54) is 18.4 Å². The number of rotatable bonds is 6. The highest BCUT2D eigenvalue weighted by atomic mass is 35.5. The second-order valence-corrected chi connectivity index (χ2v) is 10.2. The molecule has 0 aliphatic carbocycles. The maximum atomic E-state index is 10.2. The van der Waals surface area contributed by atoms with E-state index in [1.54, 1.807) is 24.9 Å². The van der Waals surface area contributed by atoms with Gasteiger partial charge in [-0.25, -0.2) is 0 Å². The summed E-state index contributed by atoms with van der Waals surface area (Å²) in [6, 6.07) is 8.56. The summed E-state index contributed by atoms with van der Waals surface area (Å²) in [5, 5.41) is 20.1. The van der Waals surface area contributed by atoms with Crippen LogP contribution in [0.5, 0.6) is 5.75 Å². The van der Waals surface area contributed by atoms with E-state index in [2.05, 4.69) is 22.1 Å². The maximum Gasteiger partial charge on any atom is 0.376 e. The van der Waals surface area contributed by atoms with E-state index in [0.717, 1.165) is 40.4 Å². The van der Waals surface area contributed by atoms with Gasteiger partial charge < -0.3 is 19.3 Å². The molecule has 3 aliphatic rings. The summed E-state index contributed by atoms with van der Waals surface area (Å²) < 4.78 is 10.8. The molecule has 1 aromatic heterocycles. The van der Waals surface area contributed by atoms with E-state index in [4.69, 9.17) is 26.2 Å². The molecule has 0 amide bonds. The second kappa shape index (κ2) is 9.35. The van der Waals surface area contributed by atoms with Gasteiger partial charge in [-0.3, -0.25) is 0 Å². The van der Waals surface area contributed by atoms with Gasteiger partial charge in [-0.2, -0.15) is 0 Å². The topological polar surface area (TPSA) is 67.7 Å². The second-order valence-electron chi connectivity index (χ2n) is 8.74. The molecular formula is C23H27BClN3O3S. The molecule has 32 heavy (non-hydrogen) atoms. The fourth-order valence-electron chi connectivity index (χ4n) is 5.52. The van der Waals surface area contributed by atoms with Crippen LogP contribution in [0.2, 0.25) is 11.8 Å². The van der Waals surface area contributed by atoms with Crippen LogP contribution >= 0.6 is 23.4 Å². The Morgan fingerprint density at radius 3 is 2.72 bits per heavy atom. The van der Waals surface area contributed by atoms with E-state index in [1.807, 2.05) is 19.0 Å². The first-order valence-electron chi connectivity index (χ1n) is 11.1. The minimum Gasteiger partial charge on any atom is -0.467 e. The number of hydrogen-bond acceptors (Lipinski definition) is 7. The smallest absolute Gasteiger partial charge is 0.376 e. The molecule has 2 bridgehead atoms. The van der Waals surface area contributed by atoms with Gasteiger partial charge in [0.25, 0.3) is 0 Å². The summed E-state index contributed by atoms with van der Waals surface area (Å²) >= 11 is 7.97. The molecule has 2 saturated heterocycles. The van der Waals surface area contributed by atoms with Crippen molar-refractivity contribution < 1.29 is 14.5 Å². The van der Waals surface area contributed by atoms with Crippen LogP contribution in [0.4, 0.5) is 0 Å². The van der Waals surface area contributed by atoms with E-state index in [0.29, 0.717) is 28.8 Å². The van der Waals surface area contributed by atoms with Crippen molar-refractivity contribution in [2.75, 3.05) is 19.7 Å². The highest BCUT2D eigenvalue weighted by molar-refractivity contribution is 7.99. The number of aromatic nitrogens is 2. The Morgan fingerprint density at radius 1 is 1.22 bits per heavy atom. The molecule has 4 heterocycles. The summed E-state index contributed by atoms with van der Waals surface area (Å²) in [5.41, 5.74) is 3.95. The van der Waals surface area contributed by atoms with Crippen LogP contribution < -0.4 is 4.74 Å². The van der Waals surface area contributed by atoms with Crippen LogP contribution in [0.1, 0.15) is 31.4 Å². The van der Waals surface area contributed by atoms with Gasteiger partial charge in [-0.15, -0.1) is 22.0 Å². The molecule has 1 N–H and O–H groups in total. The minimum atomic E-state index is -0.368. The Kier molecular flexibility index (Phi) is 6.50. The molecule has 0 radical (unpaired) electrons. The number of methoxy groups -OCH3 is 1. The van der Waals surface area contributed by atoms with Gasteiger partial charge in [-0.1, -0.05) is 17.7 Å². The highest BCUT2D eigenvalue weighted by Crippen LogP contribution is 2.47. The van der Waals surface area contributed by atoms with Gasteiger partial charge >= 0.3 is 7.05 Å². The molecule has 6 nitrogen and oxygen atoms in total. The van der Waals surface area contributed by atoms with Crippen molar-refractivity contribution >= 4 is 36.0 Å². The molecule has 1 aromatic carbocycles.